The van der Waals surface area contributed by atoms with E-state index in [4.69, 9.17) is 5.73 Å². The van der Waals surface area contributed by atoms with Crippen LogP contribution < -0.4 is 16.4 Å². The van der Waals surface area contributed by atoms with Crippen LogP contribution in [-0.4, -0.2) is 35.1 Å². The van der Waals surface area contributed by atoms with Gasteiger partial charge in [-0.2, -0.15) is 0 Å². The SMILES string of the molecule is NCC1Cc2[nH]cnc2C(C2CCCN2)N1. The summed E-state index contributed by atoms with van der Waals surface area (Å²) in [5.74, 6) is 0. The molecule has 1 aromatic rings. The summed E-state index contributed by atoms with van der Waals surface area (Å²) in [7, 11) is 0. The van der Waals surface area contributed by atoms with Crippen LogP contribution >= 0.6 is 0 Å². The minimum absolute atomic E-state index is 0.325. The quantitative estimate of drug-likeness (QED) is 0.552. The molecule has 0 saturated carbocycles. The Labute approximate surface area is 95.2 Å². The first-order chi connectivity index (χ1) is 7.88. The summed E-state index contributed by atoms with van der Waals surface area (Å²) in [6.07, 6.45) is 5.25. The molecule has 3 rings (SSSR count). The Morgan fingerprint density at radius 3 is 3.19 bits per heavy atom. The van der Waals surface area contributed by atoms with Crippen molar-refractivity contribution < 1.29 is 0 Å². The highest BCUT2D eigenvalue weighted by Crippen LogP contribution is 2.28. The summed E-state index contributed by atoms with van der Waals surface area (Å²) in [4.78, 5) is 7.69. The third-order valence-corrected chi connectivity index (χ3v) is 3.70. The van der Waals surface area contributed by atoms with Gasteiger partial charge in [0, 0.05) is 30.7 Å². The summed E-state index contributed by atoms with van der Waals surface area (Å²) < 4.78 is 0. The summed E-state index contributed by atoms with van der Waals surface area (Å²) >= 11 is 0. The minimum atomic E-state index is 0.325. The zero-order valence-electron chi connectivity index (χ0n) is 9.37. The number of rotatable bonds is 2. The van der Waals surface area contributed by atoms with Crippen molar-refractivity contribution in [1.82, 2.24) is 20.6 Å². The lowest BCUT2D eigenvalue weighted by atomic mass is 9.93. The zero-order chi connectivity index (χ0) is 11.0. The fourth-order valence-corrected chi connectivity index (χ4v) is 2.86. The minimum Gasteiger partial charge on any atom is -0.348 e. The molecule has 0 bridgehead atoms. The molecule has 0 radical (unpaired) electrons. The first-order valence-electron chi connectivity index (χ1n) is 6.10. The highest BCUT2D eigenvalue weighted by Gasteiger charge is 2.34. The van der Waals surface area contributed by atoms with Crippen molar-refractivity contribution in [2.75, 3.05) is 13.1 Å². The van der Waals surface area contributed by atoms with Crippen LogP contribution in [0.15, 0.2) is 6.33 Å². The first kappa shape index (κ1) is 10.3. The number of nitrogens with one attached hydrogen (secondary N) is 3. The van der Waals surface area contributed by atoms with E-state index in [1.54, 1.807) is 6.33 Å². The van der Waals surface area contributed by atoms with Gasteiger partial charge in [0.05, 0.1) is 18.1 Å². The molecule has 0 aromatic carbocycles. The van der Waals surface area contributed by atoms with E-state index in [1.165, 1.54) is 24.2 Å². The van der Waals surface area contributed by atoms with Crippen LogP contribution in [0.2, 0.25) is 0 Å². The Kier molecular flexibility index (Phi) is 2.67. The van der Waals surface area contributed by atoms with Gasteiger partial charge in [0.2, 0.25) is 0 Å². The number of hydrogen-bond donors (Lipinski definition) is 4. The number of nitrogens with two attached hydrogens (primary N) is 1. The molecule has 5 heteroatoms. The number of aromatic nitrogens is 2. The maximum absolute atomic E-state index is 5.77. The molecule has 3 unspecified atom stereocenters. The van der Waals surface area contributed by atoms with E-state index in [-0.39, 0.29) is 0 Å². The predicted molar refractivity (Wildman–Crippen MR) is 62.0 cm³/mol. The number of hydrogen-bond acceptors (Lipinski definition) is 4. The molecule has 1 saturated heterocycles. The number of H-pyrrole nitrogens is 1. The Bertz CT molecular complexity index is 355. The molecular formula is C11H19N5. The maximum Gasteiger partial charge on any atom is 0.0925 e. The van der Waals surface area contributed by atoms with Crippen molar-refractivity contribution in [1.29, 1.82) is 0 Å². The molecule has 0 aliphatic carbocycles. The second-order valence-electron chi connectivity index (χ2n) is 4.75. The lowest BCUT2D eigenvalue weighted by Crippen LogP contribution is -2.50. The van der Waals surface area contributed by atoms with Crippen LogP contribution in [0.3, 0.4) is 0 Å². The van der Waals surface area contributed by atoms with Crippen molar-refractivity contribution in [3.8, 4) is 0 Å². The molecule has 3 heterocycles. The summed E-state index contributed by atoms with van der Waals surface area (Å²) in [5, 5.41) is 7.16. The summed E-state index contributed by atoms with van der Waals surface area (Å²) in [6, 6.07) is 1.21. The molecule has 5 N–H and O–H groups in total. The van der Waals surface area contributed by atoms with E-state index in [9.17, 15) is 0 Å². The standard InChI is InChI=1S/C11H19N5/c12-5-7-4-9-10(15-6-14-9)11(16-7)8-2-1-3-13-8/h6-8,11,13,16H,1-5,12H2,(H,14,15). The Balaban J connectivity index is 1.87. The highest BCUT2D eigenvalue weighted by atomic mass is 15.1. The fourth-order valence-electron chi connectivity index (χ4n) is 2.86. The molecule has 16 heavy (non-hydrogen) atoms. The van der Waals surface area contributed by atoms with E-state index in [2.05, 4.69) is 20.6 Å². The van der Waals surface area contributed by atoms with Gasteiger partial charge < -0.3 is 21.4 Å². The molecule has 2 aliphatic rings. The van der Waals surface area contributed by atoms with Gasteiger partial charge in [-0.05, 0) is 19.4 Å². The van der Waals surface area contributed by atoms with Crippen LogP contribution in [0.5, 0.6) is 0 Å². The fraction of sp³-hybridized carbons (Fsp3) is 0.727. The zero-order valence-corrected chi connectivity index (χ0v) is 9.37. The van der Waals surface area contributed by atoms with Gasteiger partial charge in [-0.1, -0.05) is 0 Å². The van der Waals surface area contributed by atoms with Crippen LogP contribution in [0.4, 0.5) is 0 Å². The van der Waals surface area contributed by atoms with Gasteiger partial charge in [-0.25, -0.2) is 4.98 Å². The average Bonchev–Trinajstić information content (AvgIpc) is 2.98. The second kappa shape index (κ2) is 4.16. The third kappa shape index (κ3) is 1.65. The Morgan fingerprint density at radius 2 is 2.44 bits per heavy atom. The van der Waals surface area contributed by atoms with Crippen LogP contribution in [0.1, 0.15) is 30.3 Å². The number of aromatic amines is 1. The molecule has 1 aromatic heterocycles. The highest BCUT2D eigenvalue weighted by molar-refractivity contribution is 5.23. The summed E-state index contributed by atoms with van der Waals surface area (Å²) in [6.45, 7) is 1.80. The van der Waals surface area contributed by atoms with Crippen molar-refractivity contribution in [3.63, 3.8) is 0 Å². The van der Waals surface area contributed by atoms with Gasteiger partial charge in [0.1, 0.15) is 0 Å². The van der Waals surface area contributed by atoms with E-state index in [1.807, 2.05) is 0 Å². The predicted octanol–water partition coefficient (Wildman–Crippen LogP) is -0.324. The van der Waals surface area contributed by atoms with E-state index in [0.29, 0.717) is 24.7 Å². The normalized spacial score (nSPS) is 33.9. The molecule has 2 aliphatic heterocycles. The number of fused-ring (bicyclic) bond motifs is 1. The van der Waals surface area contributed by atoms with Crippen LogP contribution in [0, 0.1) is 0 Å². The maximum atomic E-state index is 5.77. The molecule has 0 amide bonds. The lowest BCUT2D eigenvalue weighted by molar-refractivity contribution is 0.335. The Hall–Kier alpha value is -0.910. The van der Waals surface area contributed by atoms with Crippen molar-refractivity contribution in [2.24, 2.45) is 5.73 Å². The molecule has 88 valence electrons. The van der Waals surface area contributed by atoms with Crippen molar-refractivity contribution >= 4 is 0 Å². The Morgan fingerprint density at radius 1 is 1.50 bits per heavy atom. The number of imidazole rings is 1. The van der Waals surface area contributed by atoms with Crippen molar-refractivity contribution in [2.45, 2.75) is 37.4 Å². The van der Waals surface area contributed by atoms with E-state index < -0.39 is 0 Å². The van der Waals surface area contributed by atoms with Gasteiger partial charge in [0.25, 0.3) is 0 Å². The molecule has 1 fully saturated rings. The van der Waals surface area contributed by atoms with Gasteiger partial charge in [-0.3, -0.25) is 0 Å². The second-order valence-corrected chi connectivity index (χ2v) is 4.75. The van der Waals surface area contributed by atoms with Gasteiger partial charge in [0.15, 0.2) is 0 Å². The topological polar surface area (TPSA) is 78.8 Å². The molecule has 0 spiro atoms. The van der Waals surface area contributed by atoms with Gasteiger partial charge in [-0.15, -0.1) is 0 Å². The number of nitrogens with zero attached hydrogens (tertiary/aromatic N) is 1. The molecule has 5 nitrogen and oxygen atoms in total. The lowest BCUT2D eigenvalue weighted by Gasteiger charge is -2.33. The average molecular weight is 221 g/mol. The monoisotopic (exact) mass is 221 g/mol. The van der Waals surface area contributed by atoms with Crippen LogP contribution in [0.25, 0.3) is 0 Å². The summed E-state index contributed by atoms with van der Waals surface area (Å²) in [5.41, 5.74) is 8.21. The largest absolute Gasteiger partial charge is 0.348 e. The van der Waals surface area contributed by atoms with E-state index >= 15 is 0 Å². The van der Waals surface area contributed by atoms with Crippen LogP contribution in [-0.2, 0) is 6.42 Å². The molecular weight excluding hydrogens is 202 g/mol. The third-order valence-electron chi connectivity index (χ3n) is 3.70. The first-order valence-corrected chi connectivity index (χ1v) is 6.10. The molecule has 3 atom stereocenters. The van der Waals surface area contributed by atoms with Gasteiger partial charge >= 0.3 is 0 Å². The van der Waals surface area contributed by atoms with Crippen molar-refractivity contribution in [3.05, 3.63) is 17.7 Å². The smallest absolute Gasteiger partial charge is 0.0925 e. The van der Waals surface area contributed by atoms with E-state index in [0.717, 1.165) is 13.0 Å².